The Morgan fingerprint density at radius 1 is 0.552 bits per heavy atom. The maximum absolute atomic E-state index is 6.63. The minimum atomic E-state index is 0. The molecule has 0 atom stereocenters. The number of hydrogen-bond acceptors (Lipinski definition) is 4. The van der Waals surface area contributed by atoms with Crippen LogP contribution in [-0.2, 0) is 28.1 Å². The third-order valence-corrected chi connectivity index (χ3v) is 10.9. The number of anilines is 2. The summed E-state index contributed by atoms with van der Waals surface area (Å²) < 4.78 is 11.1. The molecule has 7 heteroatoms. The van der Waals surface area contributed by atoms with Crippen molar-refractivity contribution in [2.24, 2.45) is 7.05 Å². The van der Waals surface area contributed by atoms with Crippen LogP contribution in [0.1, 0.15) is 5.56 Å². The van der Waals surface area contributed by atoms with Gasteiger partial charge in [0.05, 0.1) is 5.52 Å². The average molecular weight is 928 g/mol. The maximum atomic E-state index is 6.63. The minimum absolute atomic E-state index is 0. The number of aromatic nitrogens is 3. The summed E-state index contributed by atoms with van der Waals surface area (Å²) in [6, 6.07) is 65.9. The summed E-state index contributed by atoms with van der Waals surface area (Å²) >= 11 is 0. The van der Waals surface area contributed by atoms with Gasteiger partial charge in [0, 0.05) is 85.1 Å². The van der Waals surface area contributed by atoms with E-state index in [4.69, 9.17) is 9.72 Å². The zero-order valence-electron chi connectivity index (χ0n) is 31.4. The van der Waals surface area contributed by atoms with E-state index in [0.717, 1.165) is 66.7 Å². The van der Waals surface area contributed by atoms with Crippen LogP contribution in [0.4, 0.5) is 11.4 Å². The first-order chi connectivity index (χ1) is 28.2. The van der Waals surface area contributed by atoms with E-state index in [1.165, 1.54) is 16.5 Å². The van der Waals surface area contributed by atoms with Crippen LogP contribution in [0.15, 0.2) is 182 Å². The SMILES string of the molecule is Cn1c2ccccc2c2cnc(-n3c4[c-]c(Oc5[c-]c(N6[CH-]N(c7ccccc7)C=C6c6ccccc6)ccc5)ccc4c4cc(-c5ccccc5)ccc43)cc21.[Pt]. The molecular formula is C51H34N5OPt-3. The number of ether oxygens (including phenoxy) is 1. The molecule has 1 aliphatic heterocycles. The summed E-state index contributed by atoms with van der Waals surface area (Å²) in [5, 5.41) is 4.50. The molecular weight excluding hydrogens is 894 g/mol. The van der Waals surface area contributed by atoms with Gasteiger partial charge in [0.15, 0.2) is 0 Å². The second-order valence-corrected chi connectivity index (χ2v) is 14.3. The van der Waals surface area contributed by atoms with E-state index < -0.39 is 0 Å². The third kappa shape index (κ3) is 6.05. The second-order valence-electron chi connectivity index (χ2n) is 14.3. The summed E-state index contributed by atoms with van der Waals surface area (Å²) in [5.41, 5.74) is 10.6. The predicted octanol–water partition coefficient (Wildman–Crippen LogP) is 12.3. The van der Waals surface area contributed by atoms with Gasteiger partial charge in [0.25, 0.3) is 0 Å². The van der Waals surface area contributed by atoms with Crippen molar-refractivity contribution in [3.63, 3.8) is 0 Å². The van der Waals surface area contributed by atoms with E-state index in [2.05, 4.69) is 184 Å². The fourth-order valence-corrected chi connectivity index (χ4v) is 8.12. The molecule has 3 aromatic heterocycles. The fourth-order valence-electron chi connectivity index (χ4n) is 8.12. The van der Waals surface area contributed by atoms with Crippen LogP contribution in [0.3, 0.4) is 0 Å². The number of pyridine rings is 1. The summed E-state index contributed by atoms with van der Waals surface area (Å²) in [6.45, 7) is 2.09. The maximum Gasteiger partial charge on any atom is 0.137 e. The molecule has 6 nitrogen and oxygen atoms in total. The van der Waals surface area contributed by atoms with Gasteiger partial charge in [-0.15, -0.1) is 48.1 Å². The molecule has 1 aliphatic rings. The van der Waals surface area contributed by atoms with Crippen molar-refractivity contribution in [1.29, 1.82) is 0 Å². The van der Waals surface area contributed by atoms with Crippen LogP contribution in [0, 0.1) is 18.8 Å². The molecule has 282 valence electrons. The molecule has 0 fully saturated rings. The molecule has 0 spiro atoms. The predicted molar refractivity (Wildman–Crippen MR) is 232 cm³/mol. The van der Waals surface area contributed by atoms with Crippen LogP contribution < -0.4 is 14.5 Å². The molecule has 0 aliphatic carbocycles. The Bertz CT molecular complexity index is 3150. The first-order valence-electron chi connectivity index (χ1n) is 19.0. The Morgan fingerprint density at radius 3 is 2.09 bits per heavy atom. The van der Waals surface area contributed by atoms with Crippen LogP contribution in [0.2, 0.25) is 0 Å². The van der Waals surface area contributed by atoms with E-state index in [9.17, 15) is 0 Å². The van der Waals surface area contributed by atoms with Crippen molar-refractivity contribution in [3.05, 3.63) is 207 Å². The number of benzene rings is 7. The Kier molecular flexibility index (Phi) is 8.92. The van der Waals surface area contributed by atoms with Gasteiger partial charge in [0.1, 0.15) is 5.82 Å². The van der Waals surface area contributed by atoms with E-state index >= 15 is 0 Å². The van der Waals surface area contributed by atoms with Crippen LogP contribution >= 0.6 is 0 Å². The van der Waals surface area contributed by atoms with Crippen LogP contribution in [0.25, 0.3) is 66.3 Å². The summed E-state index contributed by atoms with van der Waals surface area (Å²) in [4.78, 5) is 9.38. The molecule has 0 bridgehead atoms. The zero-order valence-corrected chi connectivity index (χ0v) is 33.6. The molecule has 58 heavy (non-hydrogen) atoms. The Balaban J connectivity index is 0.00000408. The first kappa shape index (κ1) is 35.5. The molecule has 10 aromatic rings. The number of hydrogen-bond donors (Lipinski definition) is 0. The average Bonchev–Trinajstić information content (AvgIpc) is 3.95. The number of nitrogens with zero attached hydrogens (tertiary/aromatic N) is 5. The number of aryl methyl sites for hydroxylation is 1. The standard InChI is InChI=1S/C51H34N5O.Pt/c1-53-46-23-12-11-22-42(46)45-32-52-51(31-48(45)53)56-47-27-24-37(35-14-5-2-6-15-35)28-44(47)43-26-25-41(30-49(43)56)57-40-21-13-20-39(29-40)55-34-54(38-18-9-4-10-19-38)33-50(55)36-16-7-3-8-17-36;/h2-28,31-34H,1H3;/q-3;. The summed E-state index contributed by atoms with van der Waals surface area (Å²) in [5.74, 6) is 1.99. The molecule has 0 N–H and O–H groups in total. The first-order valence-corrected chi connectivity index (χ1v) is 19.0. The normalized spacial score (nSPS) is 12.7. The van der Waals surface area contributed by atoms with Crippen molar-refractivity contribution < 1.29 is 25.8 Å². The second kappa shape index (κ2) is 14.6. The monoisotopic (exact) mass is 927 g/mol. The van der Waals surface area contributed by atoms with E-state index in [1.807, 2.05) is 42.6 Å². The fraction of sp³-hybridized carbons (Fsp3) is 0.0196. The largest absolute Gasteiger partial charge is 0.509 e. The van der Waals surface area contributed by atoms with Crippen molar-refractivity contribution in [1.82, 2.24) is 14.1 Å². The molecule has 11 rings (SSSR count). The number of para-hydroxylation sites is 2. The van der Waals surface area contributed by atoms with Gasteiger partial charge in [-0.2, -0.15) is 12.1 Å². The van der Waals surface area contributed by atoms with Gasteiger partial charge >= 0.3 is 0 Å². The van der Waals surface area contributed by atoms with Gasteiger partial charge in [-0.05, 0) is 52.5 Å². The smallest absolute Gasteiger partial charge is 0.137 e. The molecule has 4 heterocycles. The molecule has 0 saturated carbocycles. The topological polar surface area (TPSA) is 38.5 Å². The van der Waals surface area contributed by atoms with Gasteiger partial charge in [-0.1, -0.05) is 115 Å². The summed E-state index contributed by atoms with van der Waals surface area (Å²) in [7, 11) is 2.12. The van der Waals surface area contributed by atoms with Crippen molar-refractivity contribution in [3.8, 4) is 28.4 Å². The van der Waals surface area contributed by atoms with Crippen LogP contribution in [-0.4, -0.2) is 14.1 Å². The molecule has 7 aromatic carbocycles. The van der Waals surface area contributed by atoms with Crippen molar-refractivity contribution in [2.75, 3.05) is 9.80 Å². The van der Waals surface area contributed by atoms with Gasteiger partial charge < -0.3 is 23.7 Å². The van der Waals surface area contributed by atoms with Crippen LogP contribution in [0.5, 0.6) is 11.5 Å². The Labute approximate surface area is 350 Å². The molecule has 0 amide bonds. The molecule has 0 unspecified atom stereocenters. The zero-order chi connectivity index (χ0) is 37.9. The number of fused-ring (bicyclic) bond motifs is 6. The third-order valence-electron chi connectivity index (χ3n) is 10.9. The van der Waals surface area contributed by atoms with E-state index in [1.54, 1.807) is 0 Å². The van der Waals surface area contributed by atoms with Crippen molar-refractivity contribution in [2.45, 2.75) is 0 Å². The van der Waals surface area contributed by atoms with Gasteiger partial charge in [-0.25, -0.2) is 4.98 Å². The summed E-state index contributed by atoms with van der Waals surface area (Å²) in [6.07, 6.45) is 4.15. The Hall–Kier alpha value is -6.88. The van der Waals surface area contributed by atoms with E-state index in [0.29, 0.717) is 11.5 Å². The van der Waals surface area contributed by atoms with Gasteiger partial charge in [0.2, 0.25) is 0 Å². The minimum Gasteiger partial charge on any atom is -0.509 e. The van der Waals surface area contributed by atoms with Crippen molar-refractivity contribution >= 4 is 60.7 Å². The van der Waals surface area contributed by atoms with Gasteiger partial charge in [-0.3, -0.25) is 0 Å². The Morgan fingerprint density at radius 2 is 1.28 bits per heavy atom. The number of rotatable bonds is 7. The molecule has 0 saturated heterocycles. The molecule has 0 radical (unpaired) electrons. The van der Waals surface area contributed by atoms with E-state index in [-0.39, 0.29) is 21.1 Å². The quantitative estimate of drug-likeness (QED) is 0.149.